The summed E-state index contributed by atoms with van der Waals surface area (Å²) in [7, 11) is 0. The molecule has 0 bridgehead atoms. The molecule has 2 atom stereocenters. The Bertz CT molecular complexity index is 369. The van der Waals surface area contributed by atoms with Crippen molar-refractivity contribution in [2.24, 2.45) is 5.92 Å². The number of hydrogen-bond donors (Lipinski definition) is 2. The van der Waals surface area contributed by atoms with Crippen LogP contribution in [0.1, 0.15) is 25.7 Å². The van der Waals surface area contributed by atoms with Crippen molar-refractivity contribution in [2.75, 3.05) is 0 Å². The van der Waals surface area contributed by atoms with E-state index in [2.05, 4.69) is 0 Å². The van der Waals surface area contributed by atoms with E-state index < -0.39 is 48.8 Å². The van der Waals surface area contributed by atoms with E-state index in [1.54, 1.807) is 0 Å². The van der Waals surface area contributed by atoms with Gasteiger partial charge in [0.25, 0.3) is 5.92 Å². The smallest absolute Gasteiger partial charge is 0.471 e. The average molecular weight is 289 g/mol. The number of carboxylic acids is 1. The first-order chi connectivity index (χ1) is 8.54. The first kappa shape index (κ1) is 15.6. The second kappa shape index (κ2) is 5.30. The lowest BCUT2D eigenvalue weighted by Gasteiger charge is -2.25. The van der Waals surface area contributed by atoms with Gasteiger partial charge in [0.2, 0.25) is 0 Å². The number of hydrogen-bond acceptors (Lipinski definition) is 2. The summed E-state index contributed by atoms with van der Waals surface area (Å²) in [5, 5.41) is 9.96. The van der Waals surface area contributed by atoms with Gasteiger partial charge >= 0.3 is 18.1 Å². The van der Waals surface area contributed by atoms with Gasteiger partial charge < -0.3 is 10.4 Å². The van der Waals surface area contributed by atoms with Gasteiger partial charge in [-0.1, -0.05) is 0 Å². The van der Waals surface area contributed by atoms with Gasteiger partial charge in [0.15, 0.2) is 0 Å². The first-order valence-corrected chi connectivity index (χ1v) is 5.52. The van der Waals surface area contributed by atoms with Gasteiger partial charge in [-0.15, -0.1) is 0 Å². The van der Waals surface area contributed by atoms with Crippen LogP contribution in [0.25, 0.3) is 0 Å². The molecule has 0 aromatic heterocycles. The van der Waals surface area contributed by atoms with E-state index in [0.29, 0.717) is 0 Å². The number of nitrogens with one attached hydrogen (secondary N) is 1. The molecule has 0 saturated heterocycles. The predicted octanol–water partition coefficient (Wildman–Crippen LogP) is 1.94. The summed E-state index contributed by atoms with van der Waals surface area (Å²) in [6, 6.07) is -1.99. The molecule has 9 heteroatoms. The maximum atomic E-state index is 13.5. The molecule has 1 amide bonds. The summed E-state index contributed by atoms with van der Waals surface area (Å²) < 4.78 is 63.1. The summed E-state index contributed by atoms with van der Waals surface area (Å²) in [5.41, 5.74) is 0. The van der Waals surface area contributed by atoms with Crippen LogP contribution in [-0.4, -0.2) is 35.1 Å². The van der Waals surface area contributed by atoms with Crippen LogP contribution in [0, 0.1) is 5.92 Å². The third kappa shape index (κ3) is 4.03. The first-order valence-electron chi connectivity index (χ1n) is 5.52. The number of amides is 1. The molecular weight excluding hydrogens is 277 g/mol. The number of carbonyl (C=O) groups is 2. The Balaban J connectivity index is 2.76. The van der Waals surface area contributed by atoms with Gasteiger partial charge in [-0.25, -0.2) is 8.78 Å². The summed E-state index contributed by atoms with van der Waals surface area (Å²) in [5.74, 6) is -8.28. The minimum Gasteiger partial charge on any atom is -0.481 e. The molecule has 1 rings (SSSR count). The van der Waals surface area contributed by atoms with Gasteiger partial charge in [-0.2, -0.15) is 13.2 Å². The summed E-state index contributed by atoms with van der Waals surface area (Å²) in [6.45, 7) is 0. The number of alkyl halides is 5. The van der Waals surface area contributed by atoms with Crippen LogP contribution in [0.5, 0.6) is 0 Å². The Hall–Kier alpha value is -1.41. The lowest BCUT2D eigenvalue weighted by atomic mass is 10.0. The topological polar surface area (TPSA) is 66.4 Å². The van der Waals surface area contributed by atoms with Crippen LogP contribution >= 0.6 is 0 Å². The minimum absolute atomic E-state index is 0.201. The molecule has 0 aromatic carbocycles. The van der Waals surface area contributed by atoms with Gasteiger partial charge in [0, 0.05) is 6.42 Å². The van der Waals surface area contributed by atoms with Crippen molar-refractivity contribution in [1.29, 1.82) is 0 Å². The van der Waals surface area contributed by atoms with E-state index in [-0.39, 0.29) is 12.8 Å². The fourth-order valence-electron chi connectivity index (χ4n) is 1.93. The van der Waals surface area contributed by atoms with Crippen molar-refractivity contribution >= 4 is 11.9 Å². The maximum absolute atomic E-state index is 13.5. The van der Waals surface area contributed by atoms with Crippen molar-refractivity contribution in [1.82, 2.24) is 5.32 Å². The molecule has 1 saturated carbocycles. The monoisotopic (exact) mass is 289 g/mol. The second-order valence-corrected chi connectivity index (χ2v) is 4.44. The third-order valence-corrected chi connectivity index (χ3v) is 3.05. The van der Waals surface area contributed by atoms with Crippen molar-refractivity contribution < 1.29 is 36.6 Å². The number of carboxylic acid groups (broad SMARTS) is 1. The molecule has 1 aliphatic carbocycles. The molecular formula is C10H12F5NO3. The molecule has 2 unspecified atom stereocenters. The lowest BCUT2D eigenvalue weighted by Crippen LogP contribution is -2.51. The highest BCUT2D eigenvalue weighted by atomic mass is 19.4. The Morgan fingerprint density at radius 1 is 1.16 bits per heavy atom. The van der Waals surface area contributed by atoms with Crippen LogP contribution in [0.2, 0.25) is 0 Å². The highest BCUT2D eigenvalue weighted by Gasteiger charge is 2.48. The van der Waals surface area contributed by atoms with Crippen molar-refractivity contribution in [3.63, 3.8) is 0 Å². The SMILES string of the molecule is O=C(O)C1CCC(NC(=O)C(F)(F)F)C(F)(F)CC1. The third-order valence-electron chi connectivity index (χ3n) is 3.05. The molecule has 110 valence electrons. The average Bonchev–Trinajstić information content (AvgIpc) is 2.37. The van der Waals surface area contributed by atoms with E-state index in [9.17, 15) is 31.5 Å². The fourth-order valence-corrected chi connectivity index (χ4v) is 1.93. The van der Waals surface area contributed by atoms with Crippen molar-refractivity contribution in [3.8, 4) is 0 Å². The minimum atomic E-state index is -5.24. The summed E-state index contributed by atoms with van der Waals surface area (Å²) in [6.07, 6.45) is -7.15. The van der Waals surface area contributed by atoms with Gasteiger partial charge in [0.05, 0.1) is 12.0 Å². The molecule has 0 radical (unpaired) electrons. The van der Waals surface area contributed by atoms with E-state index >= 15 is 0 Å². The zero-order chi connectivity index (χ0) is 14.8. The molecule has 4 nitrogen and oxygen atoms in total. The van der Waals surface area contributed by atoms with Gasteiger partial charge in [-0.3, -0.25) is 9.59 Å². The lowest BCUT2D eigenvalue weighted by molar-refractivity contribution is -0.177. The predicted molar refractivity (Wildman–Crippen MR) is 52.5 cm³/mol. The van der Waals surface area contributed by atoms with Crippen LogP contribution in [0.4, 0.5) is 22.0 Å². The quantitative estimate of drug-likeness (QED) is 0.603. The molecule has 1 aliphatic rings. The van der Waals surface area contributed by atoms with E-state index in [1.165, 1.54) is 5.32 Å². The van der Waals surface area contributed by atoms with E-state index in [1.807, 2.05) is 0 Å². The van der Waals surface area contributed by atoms with Crippen LogP contribution < -0.4 is 5.32 Å². The van der Waals surface area contributed by atoms with Crippen molar-refractivity contribution in [3.05, 3.63) is 0 Å². The molecule has 0 heterocycles. The molecule has 1 fully saturated rings. The Kier molecular flexibility index (Phi) is 4.36. The maximum Gasteiger partial charge on any atom is 0.471 e. The summed E-state index contributed by atoms with van der Waals surface area (Å²) in [4.78, 5) is 21.4. The zero-order valence-electron chi connectivity index (χ0n) is 9.64. The zero-order valence-corrected chi connectivity index (χ0v) is 9.64. The van der Waals surface area contributed by atoms with Crippen LogP contribution in [0.15, 0.2) is 0 Å². The normalized spacial score (nSPS) is 27.4. The molecule has 2 N–H and O–H groups in total. The Morgan fingerprint density at radius 2 is 1.74 bits per heavy atom. The standard InChI is InChI=1S/C10H12F5NO3/c11-9(12)4-3-5(7(17)18)1-2-6(9)16-8(19)10(13,14)15/h5-6H,1-4H2,(H,16,19)(H,17,18). The van der Waals surface area contributed by atoms with E-state index in [0.717, 1.165) is 0 Å². The summed E-state index contributed by atoms with van der Waals surface area (Å²) >= 11 is 0. The molecule has 0 spiro atoms. The van der Waals surface area contributed by atoms with Gasteiger partial charge in [0.1, 0.15) is 0 Å². The Morgan fingerprint density at radius 3 is 2.21 bits per heavy atom. The molecule has 0 aromatic rings. The largest absolute Gasteiger partial charge is 0.481 e. The van der Waals surface area contributed by atoms with Crippen LogP contribution in [-0.2, 0) is 9.59 Å². The number of halogens is 5. The highest BCUT2D eigenvalue weighted by Crippen LogP contribution is 2.35. The van der Waals surface area contributed by atoms with Crippen molar-refractivity contribution in [2.45, 2.75) is 43.8 Å². The van der Waals surface area contributed by atoms with Gasteiger partial charge in [-0.05, 0) is 19.3 Å². The molecule has 0 aliphatic heterocycles. The number of aliphatic carboxylic acids is 1. The second-order valence-electron chi connectivity index (χ2n) is 4.44. The fraction of sp³-hybridized carbons (Fsp3) is 0.800. The number of carbonyl (C=O) groups excluding carboxylic acids is 1. The highest BCUT2D eigenvalue weighted by molar-refractivity contribution is 5.82. The Labute approximate surface area is 105 Å². The van der Waals surface area contributed by atoms with E-state index in [4.69, 9.17) is 5.11 Å². The number of rotatable bonds is 2. The molecule has 19 heavy (non-hydrogen) atoms. The van der Waals surface area contributed by atoms with Crippen LogP contribution in [0.3, 0.4) is 0 Å².